The van der Waals surface area contributed by atoms with Gasteiger partial charge in [0.15, 0.2) is 0 Å². The molecule has 0 aliphatic heterocycles. The number of thiophene rings is 1. The van der Waals surface area contributed by atoms with E-state index in [0.29, 0.717) is 6.54 Å². The Bertz CT molecular complexity index is 419. The van der Waals surface area contributed by atoms with Gasteiger partial charge >= 0.3 is 5.97 Å². The van der Waals surface area contributed by atoms with Crippen molar-refractivity contribution in [2.45, 2.75) is 13.3 Å². The number of aliphatic carboxylic acids is 1. The number of hydrogen-bond donors (Lipinski definition) is 1. The van der Waals surface area contributed by atoms with Crippen LogP contribution in [0, 0.1) is 5.92 Å². The zero-order valence-electron chi connectivity index (χ0n) is 9.64. The highest BCUT2D eigenvalue weighted by Gasteiger charge is 2.23. The zero-order chi connectivity index (χ0) is 13.0. The number of carbonyl (C=O) groups excluding carboxylic acids is 1. The zero-order valence-corrected chi connectivity index (χ0v) is 12.0. The molecule has 1 rings (SSSR count). The van der Waals surface area contributed by atoms with Crippen molar-refractivity contribution in [3.8, 4) is 0 Å². The van der Waals surface area contributed by atoms with Crippen LogP contribution < -0.4 is 0 Å². The minimum absolute atomic E-state index is 0.354. The molecular formula is C11H14BrNO3S. The predicted octanol–water partition coefficient (Wildman–Crippen LogP) is 2.23. The summed E-state index contributed by atoms with van der Waals surface area (Å²) in [6.07, 6.45) is 0.741. The normalized spacial score (nSPS) is 12.2. The Kier molecular flexibility index (Phi) is 5.14. The maximum absolute atomic E-state index is 11.7. The molecule has 94 valence electrons. The predicted molar refractivity (Wildman–Crippen MR) is 70.2 cm³/mol. The summed E-state index contributed by atoms with van der Waals surface area (Å²) in [6, 6.07) is 2.00. The molecule has 1 unspecified atom stereocenters. The van der Waals surface area contributed by atoms with Gasteiger partial charge in [0.1, 0.15) is 5.92 Å². The van der Waals surface area contributed by atoms with Crippen LogP contribution in [0.25, 0.3) is 0 Å². The van der Waals surface area contributed by atoms with E-state index in [2.05, 4.69) is 15.9 Å². The van der Waals surface area contributed by atoms with Crippen molar-refractivity contribution in [1.82, 2.24) is 4.90 Å². The molecule has 1 atom stereocenters. The van der Waals surface area contributed by atoms with Crippen molar-refractivity contribution in [3.63, 3.8) is 0 Å². The average molecular weight is 320 g/mol. The third-order valence-corrected chi connectivity index (χ3v) is 4.19. The third kappa shape index (κ3) is 4.12. The lowest BCUT2D eigenvalue weighted by Crippen LogP contribution is -2.36. The molecular weight excluding hydrogens is 306 g/mol. The number of nitrogens with zero attached hydrogens (tertiary/aromatic N) is 1. The van der Waals surface area contributed by atoms with Gasteiger partial charge in [-0.3, -0.25) is 9.59 Å². The topological polar surface area (TPSA) is 57.6 Å². The van der Waals surface area contributed by atoms with Crippen LogP contribution in [0.15, 0.2) is 15.9 Å². The molecule has 6 heteroatoms. The summed E-state index contributed by atoms with van der Waals surface area (Å²) >= 11 is 4.98. The lowest BCUT2D eigenvalue weighted by molar-refractivity contribution is -0.149. The molecule has 0 spiro atoms. The molecule has 0 saturated heterocycles. The van der Waals surface area contributed by atoms with Gasteiger partial charge in [-0.05, 0) is 35.3 Å². The standard InChI is InChI=1S/C11H14BrNO3S/c1-7(11(15)16)10(14)13(2)4-3-9-5-8(12)6-17-9/h5-7H,3-4H2,1-2H3,(H,15,16). The van der Waals surface area contributed by atoms with Crippen LogP contribution in [-0.2, 0) is 16.0 Å². The van der Waals surface area contributed by atoms with Gasteiger partial charge in [0.2, 0.25) is 5.91 Å². The summed E-state index contributed by atoms with van der Waals surface area (Å²) in [5.74, 6) is -2.41. The fourth-order valence-corrected chi connectivity index (χ4v) is 2.75. The quantitative estimate of drug-likeness (QED) is 0.847. The highest BCUT2D eigenvalue weighted by Crippen LogP contribution is 2.20. The molecule has 0 aliphatic rings. The Hall–Kier alpha value is -0.880. The van der Waals surface area contributed by atoms with Gasteiger partial charge in [0, 0.05) is 28.3 Å². The van der Waals surface area contributed by atoms with E-state index in [-0.39, 0.29) is 5.91 Å². The first kappa shape index (κ1) is 14.2. The molecule has 0 aromatic carbocycles. The minimum atomic E-state index is -1.08. The molecule has 0 fully saturated rings. The van der Waals surface area contributed by atoms with E-state index in [1.165, 1.54) is 16.7 Å². The highest BCUT2D eigenvalue weighted by molar-refractivity contribution is 9.10. The highest BCUT2D eigenvalue weighted by atomic mass is 79.9. The second-order valence-corrected chi connectivity index (χ2v) is 5.71. The van der Waals surface area contributed by atoms with Crippen molar-refractivity contribution in [3.05, 3.63) is 20.8 Å². The summed E-state index contributed by atoms with van der Waals surface area (Å²) in [5, 5.41) is 10.7. The maximum atomic E-state index is 11.7. The van der Waals surface area contributed by atoms with Gasteiger partial charge in [-0.1, -0.05) is 0 Å². The van der Waals surface area contributed by atoms with E-state index < -0.39 is 11.9 Å². The van der Waals surface area contributed by atoms with Crippen molar-refractivity contribution in [2.24, 2.45) is 5.92 Å². The Labute approximate surface area is 112 Å². The van der Waals surface area contributed by atoms with Crippen molar-refractivity contribution in [1.29, 1.82) is 0 Å². The van der Waals surface area contributed by atoms with Gasteiger partial charge in [0.05, 0.1) is 0 Å². The van der Waals surface area contributed by atoms with Gasteiger partial charge in [-0.2, -0.15) is 0 Å². The molecule has 1 N–H and O–H groups in total. The Morgan fingerprint density at radius 1 is 1.59 bits per heavy atom. The molecule has 1 heterocycles. The molecule has 0 radical (unpaired) electrons. The monoisotopic (exact) mass is 319 g/mol. The number of hydrogen-bond acceptors (Lipinski definition) is 3. The molecule has 0 bridgehead atoms. The Morgan fingerprint density at radius 3 is 2.71 bits per heavy atom. The lowest BCUT2D eigenvalue weighted by atomic mass is 10.1. The fraction of sp³-hybridized carbons (Fsp3) is 0.455. The number of rotatable bonds is 5. The van der Waals surface area contributed by atoms with Crippen molar-refractivity contribution < 1.29 is 14.7 Å². The van der Waals surface area contributed by atoms with Crippen LogP contribution in [0.5, 0.6) is 0 Å². The number of carboxylic acid groups (broad SMARTS) is 1. The van der Waals surface area contributed by atoms with Gasteiger partial charge < -0.3 is 10.0 Å². The van der Waals surface area contributed by atoms with E-state index in [1.54, 1.807) is 18.4 Å². The van der Waals surface area contributed by atoms with E-state index >= 15 is 0 Å². The summed E-state index contributed by atoms with van der Waals surface area (Å²) in [5.41, 5.74) is 0. The van der Waals surface area contributed by atoms with Crippen LogP contribution in [0.4, 0.5) is 0 Å². The average Bonchev–Trinajstić information content (AvgIpc) is 2.69. The van der Waals surface area contributed by atoms with E-state index in [9.17, 15) is 9.59 Å². The maximum Gasteiger partial charge on any atom is 0.315 e. The largest absolute Gasteiger partial charge is 0.481 e. The summed E-state index contributed by atoms with van der Waals surface area (Å²) in [6.45, 7) is 1.94. The van der Waals surface area contributed by atoms with Crippen LogP contribution in [-0.4, -0.2) is 35.5 Å². The first-order chi connectivity index (χ1) is 7.91. The second-order valence-electron chi connectivity index (χ2n) is 3.80. The Morgan fingerprint density at radius 2 is 2.24 bits per heavy atom. The van der Waals surface area contributed by atoms with Crippen LogP contribution in [0.2, 0.25) is 0 Å². The number of carbonyl (C=O) groups is 2. The molecule has 1 aromatic rings. The molecule has 0 aliphatic carbocycles. The summed E-state index contributed by atoms with van der Waals surface area (Å²) in [4.78, 5) is 25.0. The van der Waals surface area contributed by atoms with E-state index in [0.717, 1.165) is 10.9 Å². The Balaban J connectivity index is 2.47. The molecule has 0 saturated carbocycles. The first-order valence-corrected chi connectivity index (χ1v) is 6.79. The van der Waals surface area contributed by atoms with Gasteiger partial charge in [-0.15, -0.1) is 11.3 Å². The van der Waals surface area contributed by atoms with Gasteiger partial charge in [0.25, 0.3) is 0 Å². The van der Waals surface area contributed by atoms with E-state index in [1.807, 2.05) is 11.4 Å². The SMILES string of the molecule is CC(C(=O)O)C(=O)N(C)CCc1cc(Br)cs1. The summed E-state index contributed by atoms with van der Waals surface area (Å²) < 4.78 is 1.03. The lowest BCUT2D eigenvalue weighted by Gasteiger charge is -2.18. The smallest absolute Gasteiger partial charge is 0.315 e. The number of halogens is 1. The van der Waals surface area contributed by atoms with Gasteiger partial charge in [-0.25, -0.2) is 0 Å². The fourth-order valence-electron chi connectivity index (χ4n) is 1.31. The first-order valence-electron chi connectivity index (χ1n) is 5.12. The summed E-state index contributed by atoms with van der Waals surface area (Å²) in [7, 11) is 1.63. The molecule has 17 heavy (non-hydrogen) atoms. The van der Waals surface area contributed by atoms with Crippen molar-refractivity contribution >= 4 is 39.1 Å². The van der Waals surface area contributed by atoms with Crippen LogP contribution in [0.3, 0.4) is 0 Å². The molecule has 1 amide bonds. The van der Waals surface area contributed by atoms with E-state index in [4.69, 9.17) is 5.11 Å². The number of likely N-dealkylation sites (N-methyl/N-ethyl adjacent to an activating group) is 1. The minimum Gasteiger partial charge on any atom is -0.481 e. The number of amides is 1. The third-order valence-electron chi connectivity index (χ3n) is 2.43. The van der Waals surface area contributed by atoms with Crippen LogP contribution >= 0.6 is 27.3 Å². The molecule has 1 aromatic heterocycles. The van der Waals surface area contributed by atoms with Crippen molar-refractivity contribution in [2.75, 3.05) is 13.6 Å². The van der Waals surface area contributed by atoms with Crippen LogP contribution in [0.1, 0.15) is 11.8 Å². The molecule has 4 nitrogen and oxygen atoms in total. The second kappa shape index (κ2) is 6.16. The number of carboxylic acids is 1.